The van der Waals surface area contributed by atoms with Gasteiger partial charge in [-0.15, -0.1) is 0 Å². The fraction of sp³-hybridized carbons (Fsp3) is 0.600. The van der Waals surface area contributed by atoms with E-state index in [9.17, 15) is 8.42 Å². The van der Waals surface area contributed by atoms with Crippen molar-refractivity contribution in [1.29, 1.82) is 0 Å². The summed E-state index contributed by atoms with van der Waals surface area (Å²) >= 11 is 0. The standard InChI is InChI=1S/C15H24N2O2S/c1-10-5-4-6-14(10)17-20(18,19)15-8-13(9-16)7-11(2)12(15)3/h7-8,10,14,17H,4-6,9,16H2,1-3H3. The van der Waals surface area contributed by atoms with Gasteiger partial charge in [0.15, 0.2) is 0 Å². The maximum absolute atomic E-state index is 12.6. The van der Waals surface area contributed by atoms with Gasteiger partial charge in [-0.3, -0.25) is 0 Å². The summed E-state index contributed by atoms with van der Waals surface area (Å²) in [6.45, 7) is 6.23. The largest absolute Gasteiger partial charge is 0.326 e. The molecule has 0 aliphatic heterocycles. The lowest BCUT2D eigenvalue weighted by atomic mass is 10.1. The minimum Gasteiger partial charge on any atom is -0.326 e. The molecule has 1 aliphatic carbocycles. The lowest BCUT2D eigenvalue weighted by Gasteiger charge is -2.19. The Balaban J connectivity index is 2.36. The topological polar surface area (TPSA) is 72.2 Å². The van der Waals surface area contributed by atoms with E-state index in [0.717, 1.165) is 36.0 Å². The zero-order valence-electron chi connectivity index (χ0n) is 12.4. The number of aryl methyl sites for hydroxylation is 1. The SMILES string of the molecule is Cc1cc(CN)cc(S(=O)(=O)NC2CCCC2C)c1C. The molecule has 0 radical (unpaired) electrons. The van der Waals surface area contributed by atoms with Gasteiger partial charge in [-0.25, -0.2) is 13.1 Å². The Bertz CT molecular complexity index is 596. The molecule has 0 bridgehead atoms. The fourth-order valence-electron chi connectivity index (χ4n) is 2.88. The van der Waals surface area contributed by atoms with Crippen molar-refractivity contribution in [1.82, 2.24) is 4.72 Å². The molecular weight excluding hydrogens is 272 g/mol. The molecule has 1 aromatic carbocycles. The Kier molecular flexibility index (Phi) is 4.52. The zero-order chi connectivity index (χ0) is 14.9. The number of hydrogen-bond acceptors (Lipinski definition) is 3. The molecule has 5 heteroatoms. The fourth-order valence-corrected chi connectivity index (χ4v) is 4.63. The second kappa shape index (κ2) is 5.84. The van der Waals surface area contributed by atoms with Crippen molar-refractivity contribution < 1.29 is 8.42 Å². The van der Waals surface area contributed by atoms with Crippen LogP contribution in [0.4, 0.5) is 0 Å². The normalized spacial score (nSPS) is 23.2. The van der Waals surface area contributed by atoms with E-state index < -0.39 is 10.0 Å². The summed E-state index contributed by atoms with van der Waals surface area (Å²) in [5.41, 5.74) is 8.28. The Hall–Kier alpha value is -0.910. The minimum absolute atomic E-state index is 0.0567. The van der Waals surface area contributed by atoms with Gasteiger partial charge in [0.2, 0.25) is 10.0 Å². The molecule has 3 N–H and O–H groups in total. The van der Waals surface area contributed by atoms with Crippen molar-refractivity contribution in [2.75, 3.05) is 0 Å². The van der Waals surface area contributed by atoms with Crippen LogP contribution in [0.1, 0.15) is 42.9 Å². The van der Waals surface area contributed by atoms with Crippen LogP contribution in [0, 0.1) is 19.8 Å². The predicted molar refractivity (Wildman–Crippen MR) is 80.9 cm³/mol. The quantitative estimate of drug-likeness (QED) is 0.895. The number of nitrogens with one attached hydrogen (secondary N) is 1. The first-order valence-electron chi connectivity index (χ1n) is 7.17. The van der Waals surface area contributed by atoms with Crippen LogP contribution in [-0.4, -0.2) is 14.5 Å². The number of rotatable bonds is 4. The van der Waals surface area contributed by atoms with Crippen LogP contribution in [-0.2, 0) is 16.6 Å². The van der Waals surface area contributed by atoms with Crippen LogP contribution in [0.2, 0.25) is 0 Å². The van der Waals surface area contributed by atoms with E-state index >= 15 is 0 Å². The van der Waals surface area contributed by atoms with Crippen molar-refractivity contribution in [3.05, 3.63) is 28.8 Å². The maximum Gasteiger partial charge on any atom is 0.241 e. The summed E-state index contributed by atoms with van der Waals surface area (Å²) in [5, 5.41) is 0. The highest BCUT2D eigenvalue weighted by atomic mass is 32.2. The van der Waals surface area contributed by atoms with Gasteiger partial charge in [0, 0.05) is 12.6 Å². The Morgan fingerprint density at radius 1 is 1.30 bits per heavy atom. The molecule has 2 atom stereocenters. The Morgan fingerprint density at radius 2 is 2.00 bits per heavy atom. The van der Waals surface area contributed by atoms with Gasteiger partial charge in [-0.2, -0.15) is 0 Å². The maximum atomic E-state index is 12.6. The first kappa shape index (κ1) is 15.5. The molecule has 1 aromatic rings. The van der Waals surface area contributed by atoms with Crippen LogP contribution in [0.5, 0.6) is 0 Å². The smallest absolute Gasteiger partial charge is 0.241 e. The van der Waals surface area contributed by atoms with E-state index in [-0.39, 0.29) is 6.04 Å². The van der Waals surface area contributed by atoms with E-state index in [1.807, 2.05) is 19.9 Å². The van der Waals surface area contributed by atoms with E-state index in [0.29, 0.717) is 17.4 Å². The average molecular weight is 296 g/mol. The van der Waals surface area contributed by atoms with Gasteiger partial charge in [-0.05, 0) is 55.4 Å². The van der Waals surface area contributed by atoms with Crippen LogP contribution in [0.15, 0.2) is 17.0 Å². The van der Waals surface area contributed by atoms with Crippen LogP contribution < -0.4 is 10.5 Å². The molecule has 1 fully saturated rings. The van der Waals surface area contributed by atoms with Gasteiger partial charge < -0.3 is 5.73 Å². The van der Waals surface area contributed by atoms with E-state index in [2.05, 4.69) is 11.6 Å². The van der Waals surface area contributed by atoms with Crippen LogP contribution in [0.3, 0.4) is 0 Å². The second-order valence-electron chi connectivity index (χ2n) is 5.88. The average Bonchev–Trinajstić information content (AvgIpc) is 2.77. The lowest BCUT2D eigenvalue weighted by molar-refractivity contribution is 0.476. The molecule has 20 heavy (non-hydrogen) atoms. The molecule has 0 amide bonds. The third-order valence-electron chi connectivity index (χ3n) is 4.37. The van der Waals surface area contributed by atoms with E-state index in [1.54, 1.807) is 6.07 Å². The van der Waals surface area contributed by atoms with Gasteiger partial charge in [0.1, 0.15) is 0 Å². The summed E-state index contributed by atoms with van der Waals surface area (Å²) in [6.07, 6.45) is 3.11. The van der Waals surface area contributed by atoms with Crippen LogP contribution in [0.25, 0.3) is 0 Å². The molecule has 112 valence electrons. The Labute approximate surface area is 121 Å². The molecule has 0 spiro atoms. The van der Waals surface area contributed by atoms with Crippen molar-refractivity contribution in [3.63, 3.8) is 0 Å². The van der Waals surface area contributed by atoms with Gasteiger partial charge >= 0.3 is 0 Å². The summed E-state index contributed by atoms with van der Waals surface area (Å²) < 4.78 is 28.1. The molecule has 1 saturated carbocycles. The summed E-state index contributed by atoms with van der Waals surface area (Å²) in [5.74, 6) is 0.406. The first-order chi connectivity index (χ1) is 9.35. The second-order valence-corrected chi connectivity index (χ2v) is 7.56. The summed E-state index contributed by atoms with van der Waals surface area (Å²) in [6, 6.07) is 3.71. The molecule has 0 aromatic heterocycles. The number of hydrogen-bond donors (Lipinski definition) is 2. The molecule has 0 saturated heterocycles. The highest BCUT2D eigenvalue weighted by molar-refractivity contribution is 7.89. The summed E-state index contributed by atoms with van der Waals surface area (Å²) in [4.78, 5) is 0.372. The number of benzene rings is 1. The third-order valence-corrected chi connectivity index (χ3v) is 5.99. The van der Waals surface area contributed by atoms with Crippen molar-refractivity contribution in [2.45, 2.75) is 57.5 Å². The van der Waals surface area contributed by atoms with Gasteiger partial charge in [-0.1, -0.05) is 19.4 Å². The first-order valence-corrected chi connectivity index (χ1v) is 8.66. The number of sulfonamides is 1. The minimum atomic E-state index is -3.47. The van der Waals surface area contributed by atoms with Gasteiger partial charge in [0.25, 0.3) is 0 Å². The van der Waals surface area contributed by atoms with Crippen molar-refractivity contribution in [3.8, 4) is 0 Å². The predicted octanol–water partition coefficient (Wildman–Crippen LogP) is 2.23. The van der Waals surface area contributed by atoms with Crippen molar-refractivity contribution >= 4 is 10.0 Å². The molecule has 0 heterocycles. The molecule has 1 aliphatic rings. The monoisotopic (exact) mass is 296 g/mol. The third kappa shape index (κ3) is 3.05. The number of nitrogens with two attached hydrogens (primary N) is 1. The molecular formula is C15H24N2O2S. The van der Waals surface area contributed by atoms with Gasteiger partial charge in [0.05, 0.1) is 4.90 Å². The molecule has 2 rings (SSSR count). The van der Waals surface area contributed by atoms with Crippen LogP contribution >= 0.6 is 0 Å². The lowest BCUT2D eigenvalue weighted by Crippen LogP contribution is -2.36. The molecule has 4 nitrogen and oxygen atoms in total. The summed E-state index contributed by atoms with van der Waals surface area (Å²) in [7, 11) is -3.47. The van der Waals surface area contributed by atoms with E-state index in [1.165, 1.54) is 0 Å². The highest BCUT2D eigenvalue weighted by Gasteiger charge is 2.29. The van der Waals surface area contributed by atoms with E-state index in [4.69, 9.17) is 5.73 Å². The zero-order valence-corrected chi connectivity index (χ0v) is 13.3. The van der Waals surface area contributed by atoms with Crippen molar-refractivity contribution in [2.24, 2.45) is 11.7 Å². The highest BCUT2D eigenvalue weighted by Crippen LogP contribution is 2.28. The molecule has 2 unspecified atom stereocenters. The Morgan fingerprint density at radius 3 is 2.55 bits per heavy atom.